The van der Waals surface area contributed by atoms with Crippen molar-refractivity contribution >= 4 is 16.7 Å². The smallest absolute Gasteiger partial charge is 0.223 e. The molecule has 1 aliphatic heterocycles. The Hall–Kier alpha value is -1.91. The summed E-state index contributed by atoms with van der Waals surface area (Å²) in [7, 11) is 1.65. The van der Waals surface area contributed by atoms with E-state index in [2.05, 4.69) is 59.6 Å². The molecule has 0 saturated carbocycles. The van der Waals surface area contributed by atoms with Crippen LogP contribution in [0.3, 0.4) is 0 Å². The van der Waals surface area contributed by atoms with E-state index in [9.17, 15) is 4.79 Å². The van der Waals surface area contributed by atoms with Crippen LogP contribution in [0.15, 0.2) is 42.5 Å². The van der Waals surface area contributed by atoms with Crippen molar-refractivity contribution in [1.29, 1.82) is 0 Å². The van der Waals surface area contributed by atoms with E-state index in [-0.39, 0.29) is 11.8 Å². The van der Waals surface area contributed by atoms with Crippen LogP contribution in [0, 0.1) is 5.92 Å². The minimum Gasteiger partial charge on any atom is -0.383 e. The third kappa shape index (κ3) is 4.20. The van der Waals surface area contributed by atoms with E-state index in [1.165, 1.54) is 16.3 Å². The molecule has 2 aromatic carbocycles. The van der Waals surface area contributed by atoms with Gasteiger partial charge in [-0.05, 0) is 49.2 Å². The first-order valence-corrected chi connectivity index (χ1v) is 9.19. The number of carbonyl (C=O) groups is 1. The molecule has 0 aromatic heterocycles. The number of amides is 1. The highest BCUT2D eigenvalue weighted by atomic mass is 16.5. The lowest BCUT2D eigenvalue weighted by molar-refractivity contribution is -0.126. The summed E-state index contributed by atoms with van der Waals surface area (Å²) in [6.45, 7) is 5.38. The fourth-order valence-corrected chi connectivity index (χ4v) is 3.78. The van der Waals surface area contributed by atoms with Gasteiger partial charge in [0.2, 0.25) is 5.91 Å². The Morgan fingerprint density at radius 1 is 1.20 bits per heavy atom. The van der Waals surface area contributed by atoms with Gasteiger partial charge in [0.05, 0.1) is 6.61 Å². The Morgan fingerprint density at radius 2 is 1.92 bits per heavy atom. The number of rotatable bonds is 6. The number of methoxy groups -OCH3 is 1. The molecule has 0 bridgehead atoms. The first-order valence-electron chi connectivity index (χ1n) is 9.19. The van der Waals surface area contributed by atoms with Crippen molar-refractivity contribution in [3.05, 3.63) is 48.0 Å². The zero-order chi connectivity index (χ0) is 17.6. The molecule has 134 valence electrons. The summed E-state index contributed by atoms with van der Waals surface area (Å²) in [5.74, 6) is 0.308. The molecular formula is C21H28N2O2. The number of piperidine rings is 1. The fourth-order valence-electron chi connectivity index (χ4n) is 3.78. The van der Waals surface area contributed by atoms with Gasteiger partial charge in [0.1, 0.15) is 0 Å². The van der Waals surface area contributed by atoms with Crippen LogP contribution in [0.5, 0.6) is 0 Å². The molecule has 1 unspecified atom stereocenters. The molecule has 0 radical (unpaired) electrons. The summed E-state index contributed by atoms with van der Waals surface area (Å²) < 4.78 is 4.99. The first kappa shape index (κ1) is 17.9. The first-order chi connectivity index (χ1) is 12.2. The Kier molecular flexibility index (Phi) is 6.05. The third-order valence-corrected chi connectivity index (χ3v) is 5.33. The van der Waals surface area contributed by atoms with E-state index in [0.29, 0.717) is 19.2 Å². The predicted octanol–water partition coefficient (Wildman–Crippen LogP) is 3.38. The standard InChI is InChI=1S/C21H28N2O2/c1-16(19-9-5-7-17-6-3-4-8-20(17)19)23-13-10-18(11-14-23)21(24)22-12-15-25-2/h3-9,16,18H,10-15H2,1-2H3,(H,22,24). The Bertz CT molecular complexity index is 703. The van der Waals surface area contributed by atoms with Crippen molar-refractivity contribution in [2.75, 3.05) is 33.4 Å². The van der Waals surface area contributed by atoms with Gasteiger partial charge < -0.3 is 10.1 Å². The Balaban J connectivity index is 1.61. The second-order valence-electron chi connectivity index (χ2n) is 6.84. The molecule has 1 saturated heterocycles. The normalized spacial score (nSPS) is 17.5. The number of likely N-dealkylation sites (tertiary alicyclic amines) is 1. The quantitative estimate of drug-likeness (QED) is 0.820. The SMILES string of the molecule is COCCNC(=O)C1CCN(C(C)c2cccc3ccccc23)CC1. The second-order valence-corrected chi connectivity index (χ2v) is 6.84. The van der Waals surface area contributed by atoms with Gasteiger partial charge in [-0.15, -0.1) is 0 Å². The fraction of sp³-hybridized carbons (Fsp3) is 0.476. The lowest BCUT2D eigenvalue weighted by atomic mass is 9.92. The van der Waals surface area contributed by atoms with Crippen molar-refractivity contribution in [1.82, 2.24) is 10.2 Å². The van der Waals surface area contributed by atoms with Gasteiger partial charge >= 0.3 is 0 Å². The van der Waals surface area contributed by atoms with E-state index in [1.807, 2.05) is 0 Å². The number of ether oxygens (including phenoxy) is 1. The highest BCUT2D eigenvalue weighted by Gasteiger charge is 2.27. The minimum absolute atomic E-state index is 0.132. The number of benzene rings is 2. The summed E-state index contributed by atoms with van der Waals surface area (Å²) in [5.41, 5.74) is 1.38. The Labute approximate surface area is 150 Å². The number of hydrogen-bond donors (Lipinski definition) is 1. The number of nitrogens with zero attached hydrogens (tertiary/aromatic N) is 1. The number of hydrogen-bond acceptors (Lipinski definition) is 3. The highest BCUT2D eigenvalue weighted by Crippen LogP contribution is 2.31. The number of fused-ring (bicyclic) bond motifs is 1. The van der Waals surface area contributed by atoms with Gasteiger partial charge in [-0.1, -0.05) is 42.5 Å². The van der Waals surface area contributed by atoms with Gasteiger partial charge in [-0.2, -0.15) is 0 Å². The zero-order valence-electron chi connectivity index (χ0n) is 15.2. The van der Waals surface area contributed by atoms with Gasteiger partial charge in [0.15, 0.2) is 0 Å². The van der Waals surface area contributed by atoms with Crippen molar-refractivity contribution < 1.29 is 9.53 Å². The maximum absolute atomic E-state index is 12.2. The summed E-state index contributed by atoms with van der Waals surface area (Å²) in [4.78, 5) is 14.7. The van der Waals surface area contributed by atoms with Gasteiger partial charge in [0.25, 0.3) is 0 Å². The molecule has 1 heterocycles. The number of nitrogens with one attached hydrogen (secondary N) is 1. The molecule has 2 aromatic rings. The van der Waals surface area contributed by atoms with Crippen molar-refractivity contribution in [3.8, 4) is 0 Å². The molecule has 1 N–H and O–H groups in total. The van der Waals surface area contributed by atoms with Gasteiger partial charge in [-0.3, -0.25) is 9.69 Å². The van der Waals surface area contributed by atoms with E-state index in [4.69, 9.17) is 4.74 Å². The van der Waals surface area contributed by atoms with Crippen LogP contribution in [0.1, 0.15) is 31.4 Å². The molecule has 1 fully saturated rings. The van der Waals surface area contributed by atoms with E-state index >= 15 is 0 Å². The van der Waals surface area contributed by atoms with E-state index in [1.54, 1.807) is 7.11 Å². The summed E-state index contributed by atoms with van der Waals surface area (Å²) in [6.07, 6.45) is 1.85. The van der Waals surface area contributed by atoms with Crippen molar-refractivity contribution in [3.63, 3.8) is 0 Å². The minimum atomic E-state index is 0.132. The Morgan fingerprint density at radius 3 is 2.68 bits per heavy atom. The monoisotopic (exact) mass is 340 g/mol. The molecule has 1 amide bonds. The average molecular weight is 340 g/mol. The largest absolute Gasteiger partial charge is 0.383 e. The molecule has 25 heavy (non-hydrogen) atoms. The number of carbonyl (C=O) groups excluding carboxylic acids is 1. The summed E-state index contributed by atoms with van der Waals surface area (Å²) in [6, 6.07) is 15.5. The van der Waals surface area contributed by atoms with Crippen LogP contribution in [0.4, 0.5) is 0 Å². The topological polar surface area (TPSA) is 41.6 Å². The summed E-state index contributed by atoms with van der Waals surface area (Å²) >= 11 is 0. The van der Waals surface area contributed by atoms with Crippen LogP contribution < -0.4 is 5.32 Å². The van der Waals surface area contributed by atoms with E-state index < -0.39 is 0 Å². The van der Waals surface area contributed by atoms with Crippen LogP contribution >= 0.6 is 0 Å². The predicted molar refractivity (Wildman–Crippen MR) is 102 cm³/mol. The van der Waals surface area contributed by atoms with E-state index in [0.717, 1.165) is 25.9 Å². The maximum Gasteiger partial charge on any atom is 0.223 e. The van der Waals surface area contributed by atoms with Crippen molar-refractivity contribution in [2.45, 2.75) is 25.8 Å². The van der Waals surface area contributed by atoms with Crippen LogP contribution in [-0.2, 0) is 9.53 Å². The average Bonchev–Trinajstić information content (AvgIpc) is 2.67. The van der Waals surface area contributed by atoms with Gasteiger partial charge in [-0.25, -0.2) is 0 Å². The van der Waals surface area contributed by atoms with Crippen LogP contribution in [-0.4, -0.2) is 44.2 Å². The molecule has 0 aliphatic carbocycles. The third-order valence-electron chi connectivity index (χ3n) is 5.33. The van der Waals surface area contributed by atoms with Crippen LogP contribution in [0.25, 0.3) is 10.8 Å². The van der Waals surface area contributed by atoms with Crippen molar-refractivity contribution in [2.24, 2.45) is 5.92 Å². The highest BCUT2D eigenvalue weighted by molar-refractivity contribution is 5.86. The maximum atomic E-state index is 12.2. The zero-order valence-corrected chi connectivity index (χ0v) is 15.2. The summed E-state index contributed by atoms with van der Waals surface area (Å²) in [5, 5.41) is 5.59. The molecule has 0 spiro atoms. The lowest BCUT2D eigenvalue weighted by Gasteiger charge is -2.36. The van der Waals surface area contributed by atoms with Crippen LogP contribution in [0.2, 0.25) is 0 Å². The molecule has 4 heteroatoms. The molecular weight excluding hydrogens is 312 g/mol. The molecule has 1 atom stereocenters. The molecule has 3 rings (SSSR count). The molecule has 4 nitrogen and oxygen atoms in total. The lowest BCUT2D eigenvalue weighted by Crippen LogP contribution is -2.42. The molecule has 1 aliphatic rings. The van der Waals surface area contributed by atoms with Gasteiger partial charge in [0, 0.05) is 25.6 Å². The second kappa shape index (κ2) is 8.45.